The number of fused-ring (bicyclic) bond motifs is 1. The first-order valence-electron chi connectivity index (χ1n) is 12.5. The SMILES string of the molecule is C=CC(=O)Nc1cccc(-n2c(NC(=O)c3ccc(C(C)F)s3)nc3cc(CNCC(C)(C)CO)ccc32)c1. The van der Waals surface area contributed by atoms with Gasteiger partial charge in [0.1, 0.15) is 6.17 Å². The van der Waals surface area contributed by atoms with Gasteiger partial charge in [-0.2, -0.15) is 0 Å². The van der Waals surface area contributed by atoms with Crippen molar-refractivity contribution in [1.82, 2.24) is 14.9 Å². The largest absolute Gasteiger partial charge is 0.396 e. The lowest BCUT2D eigenvalue weighted by atomic mass is 9.95. The van der Waals surface area contributed by atoms with Crippen LogP contribution in [0.5, 0.6) is 0 Å². The highest BCUT2D eigenvalue weighted by Crippen LogP contribution is 2.30. The molecule has 4 rings (SSSR count). The first kappa shape index (κ1) is 28.2. The summed E-state index contributed by atoms with van der Waals surface area (Å²) in [5.41, 5.74) is 3.40. The highest BCUT2D eigenvalue weighted by Gasteiger charge is 2.19. The molecule has 204 valence electrons. The van der Waals surface area contributed by atoms with Crippen molar-refractivity contribution in [1.29, 1.82) is 0 Å². The lowest BCUT2D eigenvalue weighted by molar-refractivity contribution is -0.111. The highest BCUT2D eigenvalue weighted by atomic mass is 32.1. The van der Waals surface area contributed by atoms with Gasteiger partial charge in [-0.3, -0.25) is 19.5 Å². The Morgan fingerprint density at radius 2 is 1.97 bits per heavy atom. The number of amides is 2. The zero-order valence-electron chi connectivity index (χ0n) is 22.1. The molecule has 39 heavy (non-hydrogen) atoms. The quantitative estimate of drug-likeness (QED) is 0.182. The molecular formula is C29H32FN5O3S. The number of imidazole rings is 1. The Balaban J connectivity index is 1.71. The average molecular weight is 550 g/mol. The molecule has 4 N–H and O–H groups in total. The lowest BCUT2D eigenvalue weighted by Gasteiger charge is -2.21. The molecule has 1 atom stereocenters. The fraction of sp³-hybridized carbons (Fsp3) is 0.276. The number of carbonyl (C=O) groups is 2. The summed E-state index contributed by atoms with van der Waals surface area (Å²) in [7, 11) is 0. The molecule has 2 aromatic carbocycles. The van der Waals surface area contributed by atoms with E-state index in [0.29, 0.717) is 39.7 Å². The third-order valence-electron chi connectivity index (χ3n) is 6.10. The fourth-order valence-corrected chi connectivity index (χ4v) is 4.78. The molecule has 0 spiro atoms. The zero-order valence-corrected chi connectivity index (χ0v) is 22.9. The number of aliphatic hydroxyl groups excluding tert-OH is 1. The van der Waals surface area contributed by atoms with Gasteiger partial charge in [0.15, 0.2) is 0 Å². The van der Waals surface area contributed by atoms with Crippen LogP contribution in [0.2, 0.25) is 0 Å². The van der Waals surface area contributed by atoms with Gasteiger partial charge in [0.2, 0.25) is 11.9 Å². The molecule has 4 aromatic rings. The summed E-state index contributed by atoms with van der Waals surface area (Å²) < 4.78 is 15.5. The number of aromatic nitrogens is 2. The minimum absolute atomic E-state index is 0.0782. The Bertz CT molecular complexity index is 1510. The van der Waals surface area contributed by atoms with Crippen molar-refractivity contribution in [3.63, 3.8) is 0 Å². The summed E-state index contributed by atoms with van der Waals surface area (Å²) in [6, 6.07) is 16.2. The second-order valence-electron chi connectivity index (χ2n) is 10.0. The van der Waals surface area contributed by atoms with Gasteiger partial charge in [0, 0.05) is 35.7 Å². The molecule has 2 amide bonds. The number of benzene rings is 2. The number of hydrogen-bond donors (Lipinski definition) is 4. The predicted molar refractivity (Wildman–Crippen MR) is 154 cm³/mol. The van der Waals surface area contributed by atoms with E-state index < -0.39 is 12.1 Å². The molecular weight excluding hydrogens is 517 g/mol. The van der Waals surface area contributed by atoms with E-state index in [9.17, 15) is 19.1 Å². The maximum absolute atomic E-state index is 13.7. The van der Waals surface area contributed by atoms with E-state index in [-0.39, 0.29) is 23.9 Å². The van der Waals surface area contributed by atoms with Crippen molar-refractivity contribution >= 4 is 45.8 Å². The zero-order chi connectivity index (χ0) is 28.2. The van der Waals surface area contributed by atoms with Crippen molar-refractivity contribution in [2.45, 2.75) is 33.5 Å². The van der Waals surface area contributed by atoms with E-state index in [4.69, 9.17) is 4.98 Å². The third kappa shape index (κ3) is 6.78. The number of halogens is 1. The van der Waals surface area contributed by atoms with E-state index >= 15 is 0 Å². The van der Waals surface area contributed by atoms with Crippen molar-refractivity contribution < 1.29 is 19.1 Å². The van der Waals surface area contributed by atoms with Crippen LogP contribution in [0.25, 0.3) is 16.7 Å². The van der Waals surface area contributed by atoms with Gasteiger partial charge in [-0.25, -0.2) is 9.37 Å². The van der Waals surface area contributed by atoms with Crippen LogP contribution in [0.4, 0.5) is 16.0 Å². The maximum atomic E-state index is 13.7. The number of rotatable bonds is 11. The van der Waals surface area contributed by atoms with E-state index in [2.05, 4.69) is 22.5 Å². The molecule has 2 heterocycles. The number of carbonyl (C=O) groups excluding carboxylic acids is 2. The molecule has 0 aliphatic rings. The number of nitrogens with zero attached hydrogens (tertiary/aromatic N) is 2. The molecule has 0 aliphatic carbocycles. The maximum Gasteiger partial charge on any atom is 0.268 e. The number of nitrogens with one attached hydrogen (secondary N) is 3. The summed E-state index contributed by atoms with van der Waals surface area (Å²) in [4.78, 5) is 30.6. The fourth-order valence-electron chi connectivity index (χ4n) is 3.95. The Labute approximate surface area is 230 Å². The lowest BCUT2D eigenvalue weighted by Crippen LogP contribution is -2.31. The summed E-state index contributed by atoms with van der Waals surface area (Å²) in [5, 5.41) is 18.5. The molecule has 0 fully saturated rings. The summed E-state index contributed by atoms with van der Waals surface area (Å²) >= 11 is 1.10. The summed E-state index contributed by atoms with van der Waals surface area (Å²) in [6.07, 6.45) is 0.0278. The van der Waals surface area contributed by atoms with Crippen LogP contribution < -0.4 is 16.0 Å². The van der Waals surface area contributed by atoms with Gasteiger partial charge in [0.25, 0.3) is 5.91 Å². The van der Waals surface area contributed by atoms with Gasteiger partial charge in [0.05, 0.1) is 21.6 Å². The average Bonchev–Trinajstić information content (AvgIpc) is 3.54. The minimum Gasteiger partial charge on any atom is -0.396 e. The Kier molecular flexibility index (Phi) is 8.59. The third-order valence-corrected chi connectivity index (χ3v) is 7.34. The minimum atomic E-state index is -1.16. The normalized spacial score (nSPS) is 12.3. The van der Waals surface area contributed by atoms with Crippen LogP contribution in [0, 0.1) is 5.41 Å². The van der Waals surface area contributed by atoms with Crippen LogP contribution >= 0.6 is 11.3 Å². The van der Waals surface area contributed by atoms with E-state index in [1.165, 1.54) is 13.0 Å². The number of hydrogen-bond acceptors (Lipinski definition) is 6. The second-order valence-corrected chi connectivity index (χ2v) is 11.2. The van der Waals surface area contributed by atoms with Crippen LogP contribution in [-0.2, 0) is 11.3 Å². The van der Waals surface area contributed by atoms with E-state index in [1.807, 2.05) is 38.1 Å². The Hall–Kier alpha value is -3.86. The topological polar surface area (TPSA) is 108 Å². The first-order chi connectivity index (χ1) is 18.6. The van der Waals surface area contributed by atoms with Crippen LogP contribution in [0.1, 0.15) is 47.1 Å². The van der Waals surface area contributed by atoms with E-state index in [1.54, 1.807) is 34.9 Å². The molecule has 0 bridgehead atoms. The van der Waals surface area contributed by atoms with Crippen LogP contribution in [0.15, 0.2) is 67.3 Å². The molecule has 8 nitrogen and oxygen atoms in total. The molecule has 0 saturated heterocycles. The summed E-state index contributed by atoms with van der Waals surface area (Å²) in [5.74, 6) is -0.446. The van der Waals surface area contributed by atoms with Crippen LogP contribution in [-0.4, -0.2) is 39.6 Å². The Morgan fingerprint density at radius 1 is 1.18 bits per heavy atom. The van der Waals surface area contributed by atoms with E-state index in [0.717, 1.165) is 22.4 Å². The molecule has 0 aliphatic heterocycles. The van der Waals surface area contributed by atoms with Gasteiger partial charge in [-0.15, -0.1) is 11.3 Å². The van der Waals surface area contributed by atoms with Crippen molar-refractivity contribution in [3.8, 4) is 5.69 Å². The Morgan fingerprint density at radius 3 is 2.67 bits per heavy atom. The van der Waals surface area contributed by atoms with Crippen molar-refractivity contribution in [2.75, 3.05) is 23.8 Å². The van der Waals surface area contributed by atoms with Gasteiger partial charge in [-0.05, 0) is 61.0 Å². The molecule has 2 aromatic heterocycles. The monoisotopic (exact) mass is 549 g/mol. The second kappa shape index (κ2) is 11.9. The molecule has 10 heteroatoms. The summed E-state index contributed by atoms with van der Waals surface area (Å²) in [6.45, 7) is 10.2. The van der Waals surface area contributed by atoms with Crippen molar-refractivity contribution in [3.05, 3.63) is 82.6 Å². The smallest absolute Gasteiger partial charge is 0.268 e. The van der Waals surface area contributed by atoms with Gasteiger partial charge >= 0.3 is 0 Å². The van der Waals surface area contributed by atoms with Crippen LogP contribution in [0.3, 0.4) is 0 Å². The van der Waals surface area contributed by atoms with Gasteiger partial charge in [-0.1, -0.05) is 32.6 Å². The number of anilines is 2. The molecule has 1 unspecified atom stereocenters. The van der Waals surface area contributed by atoms with Gasteiger partial charge < -0.3 is 15.7 Å². The first-order valence-corrected chi connectivity index (χ1v) is 13.3. The standard InChI is InChI=1S/C29H32FN5O3S/c1-5-26(37)32-20-7-6-8-21(14-20)35-23-10-9-19(15-31-16-29(3,4)17-36)13-22(23)33-28(35)34-27(38)25-12-11-24(39-25)18(2)30/h5-14,18,31,36H,1,15-17H2,2-4H3,(H,32,37)(H,33,34,38). The van der Waals surface area contributed by atoms with Crippen molar-refractivity contribution in [2.24, 2.45) is 5.41 Å². The number of alkyl halides is 1. The molecule has 0 saturated carbocycles. The molecule has 0 radical (unpaired) electrons. The highest BCUT2D eigenvalue weighted by molar-refractivity contribution is 7.14. The predicted octanol–water partition coefficient (Wildman–Crippen LogP) is 5.60. The number of aliphatic hydroxyl groups is 1. The number of thiophene rings is 1.